The Hall–Kier alpha value is -1.04. The number of sulfone groups is 1. The zero-order valence-electron chi connectivity index (χ0n) is 11.8. The van der Waals surface area contributed by atoms with E-state index in [1.54, 1.807) is 4.68 Å². The maximum Gasteiger partial charge on any atom is 0.152 e. The SMILES string of the molecule is Nc1cc(C2CCCCCC2)nn1C1CCS(=O)(=O)C1. The second-order valence-electron chi connectivity index (χ2n) is 6.18. The van der Waals surface area contributed by atoms with Crippen molar-refractivity contribution in [2.75, 3.05) is 17.2 Å². The predicted molar refractivity (Wildman–Crippen MR) is 79.4 cm³/mol. The van der Waals surface area contributed by atoms with Crippen molar-refractivity contribution >= 4 is 15.7 Å². The van der Waals surface area contributed by atoms with Crippen LogP contribution in [0.3, 0.4) is 0 Å². The van der Waals surface area contributed by atoms with Gasteiger partial charge in [-0.2, -0.15) is 5.10 Å². The monoisotopic (exact) mass is 297 g/mol. The van der Waals surface area contributed by atoms with E-state index in [-0.39, 0.29) is 17.5 Å². The van der Waals surface area contributed by atoms with Crippen LogP contribution in [-0.2, 0) is 9.84 Å². The first-order chi connectivity index (χ1) is 9.55. The standard InChI is InChI=1S/C14H23N3O2S/c15-14-9-13(11-5-3-1-2-4-6-11)16-17(14)12-7-8-20(18,19)10-12/h9,11-12H,1-8,10,15H2. The van der Waals surface area contributed by atoms with Crippen LogP contribution in [0.1, 0.15) is 62.6 Å². The fourth-order valence-electron chi connectivity index (χ4n) is 3.46. The van der Waals surface area contributed by atoms with Crippen LogP contribution in [0.15, 0.2) is 6.07 Å². The van der Waals surface area contributed by atoms with Gasteiger partial charge in [-0.25, -0.2) is 13.1 Å². The number of anilines is 1. The lowest BCUT2D eigenvalue weighted by atomic mass is 9.97. The Labute approximate surface area is 120 Å². The molecule has 0 amide bonds. The Balaban J connectivity index is 1.80. The van der Waals surface area contributed by atoms with Crippen LogP contribution in [0.25, 0.3) is 0 Å². The van der Waals surface area contributed by atoms with Crippen LogP contribution in [0.2, 0.25) is 0 Å². The predicted octanol–water partition coefficient (Wildman–Crippen LogP) is 2.26. The van der Waals surface area contributed by atoms with Gasteiger partial charge in [-0.05, 0) is 19.3 Å². The molecule has 1 unspecified atom stereocenters. The molecule has 1 aliphatic heterocycles. The number of nitrogens with two attached hydrogens (primary N) is 1. The molecule has 1 saturated carbocycles. The summed E-state index contributed by atoms with van der Waals surface area (Å²) in [5.41, 5.74) is 7.12. The van der Waals surface area contributed by atoms with Gasteiger partial charge < -0.3 is 5.73 Å². The van der Waals surface area contributed by atoms with Gasteiger partial charge in [0.2, 0.25) is 0 Å². The van der Waals surface area contributed by atoms with Crippen molar-refractivity contribution in [3.63, 3.8) is 0 Å². The normalized spacial score (nSPS) is 27.5. The summed E-state index contributed by atoms with van der Waals surface area (Å²) in [5.74, 6) is 1.56. The quantitative estimate of drug-likeness (QED) is 0.849. The third-order valence-electron chi connectivity index (χ3n) is 4.61. The summed E-state index contributed by atoms with van der Waals surface area (Å²) in [5, 5.41) is 4.65. The minimum Gasteiger partial charge on any atom is -0.384 e. The fraction of sp³-hybridized carbons (Fsp3) is 0.786. The Kier molecular flexibility index (Phi) is 3.75. The molecule has 2 N–H and O–H groups in total. The molecule has 1 atom stereocenters. The molecule has 0 bridgehead atoms. The summed E-state index contributed by atoms with van der Waals surface area (Å²) in [6.45, 7) is 0. The molecule has 6 heteroatoms. The highest BCUT2D eigenvalue weighted by Gasteiger charge is 2.31. The van der Waals surface area contributed by atoms with Gasteiger partial charge in [0.05, 0.1) is 23.2 Å². The van der Waals surface area contributed by atoms with E-state index in [0.29, 0.717) is 18.2 Å². The molecule has 3 rings (SSSR count). The Morgan fingerprint density at radius 3 is 2.45 bits per heavy atom. The van der Waals surface area contributed by atoms with E-state index in [0.717, 1.165) is 5.69 Å². The summed E-state index contributed by atoms with van der Waals surface area (Å²) >= 11 is 0. The van der Waals surface area contributed by atoms with Gasteiger partial charge in [0.25, 0.3) is 0 Å². The second kappa shape index (κ2) is 5.39. The zero-order chi connectivity index (χ0) is 14.2. The fourth-order valence-corrected chi connectivity index (χ4v) is 5.16. The molecule has 5 nitrogen and oxygen atoms in total. The van der Waals surface area contributed by atoms with E-state index < -0.39 is 9.84 Å². The molecule has 0 aromatic carbocycles. The molecule has 2 aliphatic rings. The van der Waals surface area contributed by atoms with E-state index >= 15 is 0 Å². The summed E-state index contributed by atoms with van der Waals surface area (Å²) in [4.78, 5) is 0. The lowest BCUT2D eigenvalue weighted by Crippen LogP contribution is -2.15. The van der Waals surface area contributed by atoms with Gasteiger partial charge in [0, 0.05) is 12.0 Å². The summed E-state index contributed by atoms with van der Waals surface area (Å²) in [6, 6.07) is 1.89. The molecule has 1 aromatic rings. The van der Waals surface area contributed by atoms with E-state index in [1.165, 1.54) is 38.5 Å². The third kappa shape index (κ3) is 2.85. The van der Waals surface area contributed by atoms with Crippen LogP contribution < -0.4 is 5.73 Å². The number of rotatable bonds is 2. The number of nitrogen functional groups attached to an aromatic ring is 1. The lowest BCUT2D eigenvalue weighted by Gasteiger charge is -2.12. The molecule has 2 fully saturated rings. The molecule has 1 aromatic heterocycles. The summed E-state index contributed by atoms with van der Waals surface area (Å²) in [6.07, 6.45) is 8.14. The maximum absolute atomic E-state index is 11.6. The third-order valence-corrected chi connectivity index (χ3v) is 6.36. The van der Waals surface area contributed by atoms with E-state index in [9.17, 15) is 8.42 Å². The lowest BCUT2D eigenvalue weighted by molar-refractivity contribution is 0.486. The van der Waals surface area contributed by atoms with Crippen LogP contribution in [0.5, 0.6) is 0 Å². The number of aromatic nitrogens is 2. The average molecular weight is 297 g/mol. The topological polar surface area (TPSA) is 78.0 Å². The van der Waals surface area contributed by atoms with Crippen molar-refractivity contribution in [2.24, 2.45) is 0 Å². The van der Waals surface area contributed by atoms with Crippen molar-refractivity contribution in [2.45, 2.75) is 56.9 Å². The van der Waals surface area contributed by atoms with Gasteiger partial charge in [-0.15, -0.1) is 0 Å². The molecule has 1 aliphatic carbocycles. The highest BCUT2D eigenvalue weighted by Crippen LogP contribution is 2.33. The Morgan fingerprint density at radius 1 is 1.15 bits per heavy atom. The maximum atomic E-state index is 11.6. The minimum absolute atomic E-state index is 0.0699. The number of hydrogen-bond acceptors (Lipinski definition) is 4. The van der Waals surface area contributed by atoms with Gasteiger partial charge >= 0.3 is 0 Å². The van der Waals surface area contributed by atoms with Gasteiger partial charge in [-0.3, -0.25) is 0 Å². The Morgan fingerprint density at radius 2 is 1.85 bits per heavy atom. The molecule has 20 heavy (non-hydrogen) atoms. The second-order valence-corrected chi connectivity index (χ2v) is 8.41. The largest absolute Gasteiger partial charge is 0.384 e. The smallest absolute Gasteiger partial charge is 0.152 e. The first-order valence-corrected chi connectivity index (χ1v) is 9.43. The molecule has 2 heterocycles. The molecular weight excluding hydrogens is 274 g/mol. The molecule has 0 radical (unpaired) electrons. The summed E-state index contributed by atoms with van der Waals surface area (Å²) < 4.78 is 24.9. The van der Waals surface area contributed by atoms with E-state index in [1.807, 2.05) is 6.07 Å². The number of nitrogens with zero attached hydrogens (tertiary/aromatic N) is 2. The van der Waals surface area contributed by atoms with Crippen molar-refractivity contribution in [3.05, 3.63) is 11.8 Å². The van der Waals surface area contributed by atoms with E-state index in [4.69, 9.17) is 5.73 Å². The Bertz CT molecular complexity index is 571. The zero-order valence-corrected chi connectivity index (χ0v) is 12.6. The first kappa shape index (κ1) is 13.9. The van der Waals surface area contributed by atoms with Gasteiger partial charge in [-0.1, -0.05) is 25.7 Å². The van der Waals surface area contributed by atoms with Crippen LogP contribution in [-0.4, -0.2) is 29.7 Å². The highest BCUT2D eigenvalue weighted by molar-refractivity contribution is 7.91. The van der Waals surface area contributed by atoms with Crippen molar-refractivity contribution < 1.29 is 8.42 Å². The molecule has 0 spiro atoms. The highest BCUT2D eigenvalue weighted by atomic mass is 32.2. The van der Waals surface area contributed by atoms with Crippen molar-refractivity contribution in [3.8, 4) is 0 Å². The van der Waals surface area contributed by atoms with Crippen LogP contribution >= 0.6 is 0 Å². The van der Waals surface area contributed by atoms with Crippen LogP contribution in [0, 0.1) is 0 Å². The average Bonchev–Trinajstić information content (AvgIpc) is 2.82. The van der Waals surface area contributed by atoms with Crippen molar-refractivity contribution in [1.82, 2.24) is 9.78 Å². The molecule has 112 valence electrons. The molecule has 1 saturated heterocycles. The summed E-state index contributed by atoms with van der Waals surface area (Å²) in [7, 11) is -2.90. The van der Waals surface area contributed by atoms with Gasteiger partial charge in [0.1, 0.15) is 5.82 Å². The first-order valence-electron chi connectivity index (χ1n) is 7.60. The van der Waals surface area contributed by atoms with Crippen LogP contribution in [0.4, 0.5) is 5.82 Å². The van der Waals surface area contributed by atoms with Crippen molar-refractivity contribution in [1.29, 1.82) is 0 Å². The van der Waals surface area contributed by atoms with E-state index in [2.05, 4.69) is 5.10 Å². The number of hydrogen-bond donors (Lipinski definition) is 1. The van der Waals surface area contributed by atoms with Gasteiger partial charge in [0.15, 0.2) is 9.84 Å². The molecular formula is C14H23N3O2S. The minimum atomic E-state index is -2.90.